The third-order valence-corrected chi connectivity index (χ3v) is 4.19. The fourth-order valence-electron chi connectivity index (χ4n) is 2.77. The van der Waals surface area contributed by atoms with E-state index in [0.29, 0.717) is 23.4 Å². The molecular weight excluding hydrogens is 364 g/mol. The first-order valence-corrected chi connectivity index (χ1v) is 8.66. The van der Waals surface area contributed by atoms with Crippen molar-refractivity contribution in [2.45, 2.75) is 26.4 Å². The summed E-state index contributed by atoms with van der Waals surface area (Å²) in [6, 6.07) is 12.1. The first kappa shape index (κ1) is 19.1. The van der Waals surface area contributed by atoms with Gasteiger partial charge in [0.25, 0.3) is 11.6 Å². The third kappa shape index (κ3) is 4.17. The Morgan fingerprint density at radius 1 is 1.25 bits per heavy atom. The number of nitro groups is 1. The molecule has 0 bridgehead atoms. The number of hydrogen-bond acceptors (Lipinski definition) is 6. The number of amides is 1. The van der Waals surface area contributed by atoms with Crippen LogP contribution in [0.15, 0.2) is 57.7 Å². The van der Waals surface area contributed by atoms with Crippen molar-refractivity contribution in [1.29, 1.82) is 0 Å². The number of nitrogens with zero attached hydrogens (tertiary/aromatic N) is 1. The first-order chi connectivity index (χ1) is 13.4. The van der Waals surface area contributed by atoms with Gasteiger partial charge in [0.2, 0.25) is 0 Å². The van der Waals surface area contributed by atoms with E-state index in [2.05, 4.69) is 5.32 Å². The van der Waals surface area contributed by atoms with Gasteiger partial charge in [0.05, 0.1) is 4.92 Å². The Balaban J connectivity index is 1.76. The standard InChI is InChI=1S/C20H18N2O6/c1-3-13-9-19(23)28-18-11-16(7-8-17(13)18)27-12(2)20(24)21-14-5-4-6-15(10-14)22(25)26/h4-12H,3H2,1-2H3,(H,21,24). The molecular formula is C20H18N2O6. The van der Waals surface area contributed by atoms with E-state index in [1.54, 1.807) is 31.2 Å². The molecule has 0 aliphatic carbocycles. The van der Waals surface area contributed by atoms with Crippen molar-refractivity contribution in [2.24, 2.45) is 0 Å². The van der Waals surface area contributed by atoms with Gasteiger partial charge in [0.1, 0.15) is 11.3 Å². The Bertz CT molecular complexity index is 1110. The fraction of sp³-hybridized carbons (Fsp3) is 0.200. The molecule has 1 heterocycles. The molecule has 0 fully saturated rings. The normalized spacial score (nSPS) is 11.8. The van der Waals surface area contributed by atoms with Crippen molar-refractivity contribution in [3.63, 3.8) is 0 Å². The van der Waals surface area contributed by atoms with E-state index in [-0.39, 0.29) is 5.69 Å². The number of hydrogen-bond donors (Lipinski definition) is 1. The van der Waals surface area contributed by atoms with Gasteiger partial charge in [-0.15, -0.1) is 0 Å². The molecule has 8 heteroatoms. The minimum absolute atomic E-state index is 0.123. The highest BCUT2D eigenvalue weighted by Crippen LogP contribution is 2.24. The summed E-state index contributed by atoms with van der Waals surface area (Å²) in [6.45, 7) is 3.49. The molecule has 0 saturated heterocycles. The van der Waals surface area contributed by atoms with Gasteiger partial charge in [-0.25, -0.2) is 4.79 Å². The van der Waals surface area contributed by atoms with Crippen molar-refractivity contribution in [3.8, 4) is 5.75 Å². The number of nitro benzene ring substituents is 1. The summed E-state index contributed by atoms with van der Waals surface area (Å²) in [5.74, 6) is -0.102. The summed E-state index contributed by atoms with van der Waals surface area (Å²) in [4.78, 5) is 34.3. The lowest BCUT2D eigenvalue weighted by molar-refractivity contribution is -0.384. The molecule has 0 aliphatic rings. The third-order valence-electron chi connectivity index (χ3n) is 4.19. The van der Waals surface area contributed by atoms with Gasteiger partial charge in [-0.05, 0) is 37.1 Å². The van der Waals surface area contributed by atoms with Crippen molar-refractivity contribution in [1.82, 2.24) is 0 Å². The van der Waals surface area contributed by atoms with Gasteiger partial charge in [0.15, 0.2) is 6.10 Å². The smallest absolute Gasteiger partial charge is 0.336 e. The monoisotopic (exact) mass is 382 g/mol. The van der Waals surface area contributed by atoms with Gasteiger partial charge in [-0.3, -0.25) is 14.9 Å². The second kappa shape index (κ2) is 7.91. The van der Waals surface area contributed by atoms with Gasteiger partial charge in [0, 0.05) is 35.3 Å². The van der Waals surface area contributed by atoms with Crippen molar-refractivity contribution in [3.05, 3.63) is 74.6 Å². The van der Waals surface area contributed by atoms with Crippen LogP contribution in [0.25, 0.3) is 11.0 Å². The molecule has 1 N–H and O–H groups in total. The van der Waals surface area contributed by atoms with E-state index >= 15 is 0 Å². The van der Waals surface area contributed by atoms with Crippen LogP contribution >= 0.6 is 0 Å². The van der Waals surface area contributed by atoms with Crippen LogP contribution in [0.4, 0.5) is 11.4 Å². The lowest BCUT2D eigenvalue weighted by atomic mass is 10.1. The van der Waals surface area contributed by atoms with Gasteiger partial charge in [-0.1, -0.05) is 13.0 Å². The molecule has 0 saturated carbocycles. The fourth-order valence-corrected chi connectivity index (χ4v) is 2.77. The van der Waals surface area contributed by atoms with E-state index < -0.39 is 22.6 Å². The molecule has 1 atom stereocenters. The van der Waals surface area contributed by atoms with Gasteiger partial charge < -0.3 is 14.5 Å². The highest BCUT2D eigenvalue weighted by molar-refractivity contribution is 5.94. The number of rotatable bonds is 6. The zero-order valence-electron chi connectivity index (χ0n) is 15.3. The maximum Gasteiger partial charge on any atom is 0.336 e. The van der Waals surface area contributed by atoms with Crippen LogP contribution < -0.4 is 15.7 Å². The van der Waals surface area contributed by atoms with E-state index in [1.807, 2.05) is 6.92 Å². The predicted octanol–water partition coefficient (Wildman–Crippen LogP) is 3.67. The number of nitrogens with one attached hydrogen (secondary N) is 1. The van der Waals surface area contributed by atoms with E-state index in [1.165, 1.54) is 24.3 Å². The van der Waals surface area contributed by atoms with Crippen molar-refractivity contribution >= 4 is 28.3 Å². The van der Waals surface area contributed by atoms with Crippen molar-refractivity contribution in [2.75, 3.05) is 5.32 Å². The molecule has 1 aromatic heterocycles. The highest BCUT2D eigenvalue weighted by atomic mass is 16.6. The molecule has 3 rings (SSSR count). The summed E-state index contributed by atoms with van der Waals surface area (Å²) in [5, 5.41) is 14.2. The van der Waals surface area contributed by atoms with Crippen LogP contribution in [-0.2, 0) is 11.2 Å². The Morgan fingerprint density at radius 3 is 2.75 bits per heavy atom. The largest absolute Gasteiger partial charge is 0.481 e. The molecule has 0 spiro atoms. The van der Waals surface area contributed by atoms with Gasteiger partial charge >= 0.3 is 5.63 Å². The minimum atomic E-state index is -0.877. The van der Waals surface area contributed by atoms with Crippen LogP contribution in [0.2, 0.25) is 0 Å². The second-order valence-corrected chi connectivity index (χ2v) is 6.16. The summed E-state index contributed by atoms with van der Waals surface area (Å²) < 4.78 is 10.9. The number of ether oxygens (including phenoxy) is 1. The van der Waals surface area contributed by atoms with Crippen molar-refractivity contribution < 1.29 is 18.9 Å². The summed E-state index contributed by atoms with van der Waals surface area (Å²) in [7, 11) is 0. The van der Waals surface area contributed by atoms with Crippen LogP contribution in [0.5, 0.6) is 5.75 Å². The summed E-state index contributed by atoms with van der Waals surface area (Å²) >= 11 is 0. The van der Waals surface area contributed by atoms with E-state index in [9.17, 15) is 19.7 Å². The van der Waals surface area contributed by atoms with Crippen LogP contribution in [0.3, 0.4) is 0 Å². The van der Waals surface area contributed by atoms with Crippen LogP contribution in [0, 0.1) is 10.1 Å². The first-order valence-electron chi connectivity index (χ1n) is 8.66. The molecule has 2 aromatic carbocycles. The Morgan fingerprint density at radius 2 is 2.04 bits per heavy atom. The number of fused-ring (bicyclic) bond motifs is 1. The lowest BCUT2D eigenvalue weighted by Gasteiger charge is -2.15. The molecule has 1 unspecified atom stereocenters. The molecule has 0 radical (unpaired) electrons. The molecule has 1 amide bonds. The maximum atomic E-state index is 12.3. The number of aryl methyl sites for hydroxylation is 1. The Labute approximate surface area is 159 Å². The Kier molecular flexibility index (Phi) is 5.39. The highest BCUT2D eigenvalue weighted by Gasteiger charge is 2.17. The topological polar surface area (TPSA) is 112 Å². The average molecular weight is 382 g/mol. The van der Waals surface area contributed by atoms with Crippen LogP contribution in [-0.4, -0.2) is 16.9 Å². The minimum Gasteiger partial charge on any atom is -0.481 e. The molecule has 28 heavy (non-hydrogen) atoms. The summed E-state index contributed by atoms with van der Waals surface area (Å²) in [5.41, 5.74) is 0.981. The number of non-ortho nitro benzene ring substituents is 1. The number of benzene rings is 2. The van der Waals surface area contributed by atoms with E-state index in [0.717, 1.165) is 10.9 Å². The SMILES string of the molecule is CCc1cc(=O)oc2cc(OC(C)C(=O)Nc3cccc([N+](=O)[O-])c3)ccc12. The summed E-state index contributed by atoms with van der Waals surface area (Å²) in [6.07, 6.45) is -0.192. The Hall–Kier alpha value is -3.68. The van der Waals surface area contributed by atoms with E-state index in [4.69, 9.17) is 9.15 Å². The zero-order chi connectivity index (χ0) is 20.3. The zero-order valence-corrected chi connectivity index (χ0v) is 15.3. The molecule has 0 aliphatic heterocycles. The molecule has 144 valence electrons. The number of carbonyl (C=O) groups excluding carboxylic acids is 1. The quantitative estimate of drug-likeness (QED) is 0.395. The number of carbonyl (C=O) groups is 1. The van der Waals surface area contributed by atoms with Crippen LogP contribution in [0.1, 0.15) is 19.4 Å². The maximum absolute atomic E-state index is 12.3. The molecule has 8 nitrogen and oxygen atoms in total. The van der Waals surface area contributed by atoms with Gasteiger partial charge in [-0.2, -0.15) is 0 Å². The average Bonchev–Trinajstić information content (AvgIpc) is 2.67. The molecule has 3 aromatic rings. The second-order valence-electron chi connectivity index (χ2n) is 6.16. The predicted molar refractivity (Wildman–Crippen MR) is 104 cm³/mol. The number of anilines is 1. The lowest BCUT2D eigenvalue weighted by Crippen LogP contribution is -2.30.